The zero-order chi connectivity index (χ0) is 12.8. The van der Waals surface area contributed by atoms with Crippen LogP contribution in [-0.2, 0) is 5.41 Å². The third-order valence-electron chi connectivity index (χ3n) is 4.23. The average molecular weight is 245 g/mol. The van der Waals surface area contributed by atoms with E-state index in [-0.39, 0.29) is 11.5 Å². The Hall–Kier alpha value is -1.49. The molecule has 18 heavy (non-hydrogen) atoms. The Morgan fingerprint density at radius 1 is 1.39 bits per heavy atom. The minimum atomic E-state index is -0.0887. The molecule has 0 saturated heterocycles. The highest BCUT2D eigenvalue weighted by Crippen LogP contribution is 2.37. The Kier molecular flexibility index (Phi) is 2.59. The summed E-state index contributed by atoms with van der Waals surface area (Å²) in [7, 11) is 0. The second kappa shape index (κ2) is 4.02. The van der Waals surface area contributed by atoms with E-state index in [0.717, 1.165) is 30.0 Å². The lowest BCUT2D eigenvalue weighted by molar-refractivity contribution is 0.256. The quantitative estimate of drug-likeness (QED) is 0.828. The van der Waals surface area contributed by atoms with Crippen molar-refractivity contribution in [2.75, 3.05) is 0 Å². The molecule has 2 heterocycles. The van der Waals surface area contributed by atoms with Gasteiger partial charge in [-0.2, -0.15) is 0 Å². The topological polar surface area (TPSA) is 69.1 Å². The van der Waals surface area contributed by atoms with Crippen molar-refractivity contribution in [1.82, 2.24) is 19.6 Å². The van der Waals surface area contributed by atoms with E-state index in [1.54, 1.807) is 0 Å². The molecule has 2 N–H and O–H groups in total. The summed E-state index contributed by atoms with van der Waals surface area (Å²) in [4.78, 5) is 4.33. The number of aryl methyl sites for hydroxylation is 1. The molecule has 2 atom stereocenters. The van der Waals surface area contributed by atoms with Gasteiger partial charge < -0.3 is 5.73 Å². The Morgan fingerprint density at radius 3 is 3.00 bits per heavy atom. The molecule has 0 bridgehead atoms. The second-order valence-electron chi connectivity index (χ2n) is 5.55. The second-order valence-corrected chi connectivity index (χ2v) is 5.55. The maximum absolute atomic E-state index is 6.32. The fourth-order valence-electron chi connectivity index (χ4n) is 2.92. The highest BCUT2D eigenvalue weighted by molar-refractivity contribution is 5.39. The lowest BCUT2D eigenvalue weighted by Crippen LogP contribution is -2.46. The van der Waals surface area contributed by atoms with Crippen molar-refractivity contribution in [2.45, 2.75) is 51.0 Å². The summed E-state index contributed by atoms with van der Waals surface area (Å²) in [6, 6.07) is 2.11. The normalized spacial score (nSPS) is 28.7. The minimum Gasteiger partial charge on any atom is -0.327 e. The molecular weight excluding hydrogens is 226 g/mol. The van der Waals surface area contributed by atoms with Crippen LogP contribution in [0.3, 0.4) is 0 Å². The molecule has 0 spiro atoms. The molecule has 96 valence electrons. The van der Waals surface area contributed by atoms with Crippen molar-refractivity contribution in [3.8, 4) is 0 Å². The SMILES string of the molecule is Cc1cc2nnc(C3(C)CCCCC3N)n2cn1. The van der Waals surface area contributed by atoms with Crippen LogP contribution in [0.4, 0.5) is 0 Å². The minimum absolute atomic E-state index is 0.0887. The summed E-state index contributed by atoms with van der Waals surface area (Å²) < 4.78 is 1.98. The van der Waals surface area contributed by atoms with Crippen molar-refractivity contribution in [1.29, 1.82) is 0 Å². The van der Waals surface area contributed by atoms with Crippen LogP contribution in [0.1, 0.15) is 44.1 Å². The van der Waals surface area contributed by atoms with Gasteiger partial charge in [-0.15, -0.1) is 10.2 Å². The molecule has 3 rings (SSSR count). The van der Waals surface area contributed by atoms with Gasteiger partial charge in [-0.3, -0.25) is 4.40 Å². The van der Waals surface area contributed by atoms with Gasteiger partial charge in [0.15, 0.2) is 5.65 Å². The van der Waals surface area contributed by atoms with Crippen molar-refractivity contribution in [3.05, 3.63) is 23.9 Å². The van der Waals surface area contributed by atoms with Gasteiger partial charge in [-0.25, -0.2) is 4.98 Å². The fraction of sp³-hybridized carbons (Fsp3) is 0.615. The van der Waals surface area contributed by atoms with Gasteiger partial charge in [0.05, 0.1) is 0 Å². The van der Waals surface area contributed by atoms with Gasteiger partial charge in [0.1, 0.15) is 12.2 Å². The van der Waals surface area contributed by atoms with Gasteiger partial charge in [-0.1, -0.05) is 19.8 Å². The van der Waals surface area contributed by atoms with Crippen molar-refractivity contribution >= 4 is 5.65 Å². The first kappa shape index (κ1) is 11.6. The van der Waals surface area contributed by atoms with Crippen LogP contribution in [0.25, 0.3) is 5.65 Å². The average Bonchev–Trinajstić information content (AvgIpc) is 2.76. The molecule has 0 aliphatic heterocycles. The van der Waals surface area contributed by atoms with Crippen LogP contribution < -0.4 is 5.73 Å². The number of nitrogens with two attached hydrogens (primary N) is 1. The van der Waals surface area contributed by atoms with Crippen LogP contribution in [0.15, 0.2) is 12.4 Å². The van der Waals surface area contributed by atoms with Crippen LogP contribution in [0.5, 0.6) is 0 Å². The third kappa shape index (κ3) is 1.61. The Morgan fingerprint density at radius 2 is 2.22 bits per heavy atom. The third-order valence-corrected chi connectivity index (χ3v) is 4.23. The van der Waals surface area contributed by atoms with Crippen LogP contribution in [0.2, 0.25) is 0 Å². The van der Waals surface area contributed by atoms with Gasteiger partial charge in [-0.05, 0) is 19.8 Å². The molecule has 1 saturated carbocycles. The zero-order valence-electron chi connectivity index (χ0n) is 10.9. The molecule has 2 unspecified atom stereocenters. The van der Waals surface area contributed by atoms with Gasteiger partial charge >= 0.3 is 0 Å². The van der Waals surface area contributed by atoms with Crippen LogP contribution in [0, 0.1) is 6.92 Å². The fourth-order valence-corrected chi connectivity index (χ4v) is 2.92. The highest BCUT2D eigenvalue weighted by Gasteiger charge is 2.39. The monoisotopic (exact) mass is 245 g/mol. The summed E-state index contributed by atoms with van der Waals surface area (Å²) in [5, 5.41) is 8.63. The maximum Gasteiger partial charge on any atom is 0.163 e. The summed E-state index contributed by atoms with van der Waals surface area (Å²) in [6.45, 7) is 4.16. The summed E-state index contributed by atoms with van der Waals surface area (Å²) in [6.07, 6.45) is 6.36. The number of hydrogen-bond acceptors (Lipinski definition) is 4. The molecule has 1 fully saturated rings. The largest absolute Gasteiger partial charge is 0.327 e. The zero-order valence-corrected chi connectivity index (χ0v) is 10.9. The van der Waals surface area contributed by atoms with Crippen molar-refractivity contribution < 1.29 is 0 Å². The van der Waals surface area contributed by atoms with E-state index in [0.29, 0.717) is 0 Å². The maximum atomic E-state index is 6.32. The van der Waals surface area contributed by atoms with E-state index in [2.05, 4.69) is 22.1 Å². The summed E-state index contributed by atoms with van der Waals surface area (Å²) in [5.41, 5.74) is 8.05. The van der Waals surface area contributed by atoms with E-state index in [1.165, 1.54) is 12.8 Å². The standard InChI is InChI=1S/C13H19N5/c1-9-7-11-16-17-12(18(11)8-15-9)13(2)6-4-3-5-10(13)14/h7-8,10H,3-6,14H2,1-2H3. The molecule has 5 heteroatoms. The number of fused-ring (bicyclic) bond motifs is 1. The van der Waals surface area contributed by atoms with E-state index in [1.807, 2.05) is 23.7 Å². The molecule has 0 radical (unpaired) electrons. The molecule has 2 aromatic heterocycles. The molecule has 0 amide bonds. The van der Waals surface area contributed by atoms with Crippen molar-refractivity contribution in [3.63, 3.8) is 0 Å². The lowest BCUT2D eigenvalue weighted by Gasteiger charge is -2.37. The van der Waals surface area contributed by atoms with Crippen LogP contribution in [-0.4, -0.2) is 25.6 Å². The van der Waals surface area contributed by atoms with E-state index >= 15 is 0 Å². The molecule has 0 aromatic carbocycles. The van der Waals surface area contributed by atoms with E-state index in [4.69, 9.17) is 5.73 Å². The number of hydrogen-bond donors (Lipinski definition) is 1. The van der Waals surface area contributed by atoms with Gasteiger partial charge in [0, 0.05) is 23.2 Å². The van der Waals surface area contributed by atoms with Gasteiger partial charge in [0.25, 0.3) is 0 Å². The Bertz CT molecular complexity index is 576. The summed E-state index contributed by atoms with van der Waals surface area (Å²) >= 11 is 0. The predicted molar refractivity (Wildman–Crippen MR) is 69.3 cm³/mol. The Labute approximate surface area is 106 Å². The number of nitrogens with zero attached hydrogens (tertiary/aromatic N) is 4. The van der Waals surface area contributed by atoms with Crippen molar-refractivity contribution in [2.24, 2.45) is 5.73 Å². The van der Waals surface area contributed by atoms with Gasteiger partial charge in [0.2, 0.25) is 0 Å². The molecular formula is C13H19N5. The summed E-state index contributed by atoms with van der Waals surface area (Å²) in [5.74, 6) is 0.956. The molecule has 2 aromatic rings. The first-order chi connectivity index (χ1) is 8.61. The lowest BCUT2D eigenvalue weighted by atomic mass is 9.71. The number of aromatic nitrogens is 4. The predicted octanol–water partition coefficient (Wildman–Crippen LogP) is 1.59. The Balaban J connectivity index is 2.13. The number of rotatable bonds is 1. The first-order valence-electron chi connectivity index (χ1n) is 6.55. The van der Waals surface area contributed by atoms with E-state index < -0.39 is 0 Å². The smallest absolute Gasteiger partial charge is 0.163 e. The van der Waals surface area contributed by atoms with Crippen LogP contribution >= 0.6 is 0 Å². The molecule has 1 aliphatic carbocycles. The first-order valence-corrected chi connectivity index (χ1v) is 6.55. The van der Waals surface area contributed by atoms with E-state index in [9.17, 15) is 0 Å². The highest BCUT2D eigenvalue weighted by atomic mass is 15.3. The molecule has 1 aliphatic rings. The molecule has 5 nitrogen and oxygen atoms in total.